The fraction of sp³-hybridized carbons (Fsp3) is 0.351. The summed E-state index contributed by atoms with van der Waals surface area (Å²) >= 11 is 0. The normalized spacial score (nSPS) is 18.1. The quantitative estimate of drug-likeness (QED) is 0.117. The Morgan fingerprint density at radius 3 is 2.15 bits per heavy atom. The third kappa shape index (κ3) is 7.38. The second-order valence-corrected chi connectivity index (χ2v) is 12.4. The molecule has 0 aromatic heterocycles. The summed E-state index contributed by atoms with van der Waals surface area (Å²) in [6, 6.07) is 27.2. The van der Waals surface area contributed by atoms with Crippen LogP contribution in [-0.2, 0) is 24.5 Å². The van der Waals surface area contributed by atoms with Crippen LogP contribution in [0.3, 0.4) is 0 Å². The summed E-state index contributed by atoms with van der Waals surface area (Å²) in [5.74, 6) is -2.33. The zero-order valence-electron chi connectivity index (χ0n) is 27.1. The molecule has 2 heterocycles. The number of piperidine rings is 1. The van der Waals surface area contributed by atoms with Gasteiger partial charge in [0.2, 0.25) is 0 Å². The van der Waals surface area contributed by atoms with Crippen LogP contribution in [0.1, 0.15) is 62.6 Å². The highest BCUT2D eigenvalue weighted by Gasteiger charge is 2.40. The molecule has 0 aliphatic carbocycles. The van der Waals surface area contributed by atoms with Gasteiger partial charge in [0.25, 0.3) is 5.69 Å². The summed E-state index contributed by atoms with van der Waals surface area (Å²) in [5, 5.41) is 14.5. The van der Waals surface area contributed by atoms with Crippen LogP contribution in [0, 0.1) is 10.1 Å². The highest BCUT2D eigenvalue weighted by atomic mass is 16.6. The zero-order chi connectivity index (χ0) is 33.6. The van der Waals surface area contributed by atoms with E-state index in [-0.39, 0.29) is 34.7 Å². The Morgan fingerprint density at radius 2 is 1.57 bits per heavy atom. The minimum absolute atomic E-state index is 0.00498. The molecule has 0 saturated carbocycles. The average Bonchev–Trinajstić information content (AvgIpc) is 3.07. The Hall–Kier alpha value is -4.96. The fourth-order valence-corrected chi connectivity index (χ4v) is 6.73. The third-order valence-electron chi connectivity index (χ3n) is 9.00. The smallest absolute Gasteiger partial charge is 0.338 e. The lowest BCUT2D eigenvalue weighted by molar-refractivity contribution is -0.384. The van der Waals surface area contributed by atoms with Crippen molar-refractivity contribution in [1.29, 1.82) is 0 Å². The molecule has 246 valence electrons. The number of ether oxygens (including phenoxy) is 2. The Bertz CT molecular complexity index is 1620. The molecule has 1 saturated heterocycles. The highest BCUT2D eigenvalue weighted by molar-refractivity contribution is 6.00. The lowest BCUT2D eigenvalue weighted by Gasteiger charge is -2.43. The van der Waals surface area contributed by atoms with E-state index in [2.05, 4.69) is 70.9 Å². The minimum Gasteiger partial charge on any atom is -0.462 e. The second kappa shape index (κ2) is 14.6. The Labute approximate surface area is 275 Å². The van der Waals surface area contributed by atoms with Crippen molar-refractivity contribution < 1.29 is 24.0 Å². The van der Waals surface area contributed by atoms with Crippen LogP contribution in [0.4, 0.5) is 5.69 Å². The predicted octanol–water partition coefficient (Wildman–Crippen LogP) is 5.69. The SMILES string of the molecule is CC1=C(C(=O)OCCCN2CCC(c3ccccc3)(c3ccccc3)CC2)C(c2cccc([N+](=O)[O-])c2)C(C(=O)OC(C)C)=C(N)N1. The Balaban J connectivity index is 1.26. The number of hydrogen-bond donors (Lipinski definition) is 2. The molecule has 3 aromatic rings. The number of carbonyl (C=O) groups excluding carboxylic acids is 2. The molecule has 3 aromatic carbocycles. The average molecular weight is 639 g/mol. The Kier molecular flexibility index (Phi) is 10.4. The van der Waals surface area contributed by atoms with Crippen molar-refractivity contribution in [1.82, 2.24) is 10.2 Å². The van der Waals surface area contributed by atoms with Gasteiger partial charge in [-0.15, -0.1) is 0 Å². The maximum absolute atomic E-state index is 13.7. The number of allylic oxidation sites excluding steroid dienone is 1. The first-order valence-corrected chi connectivity index (χ1v) is 16.0. The molecule has 0 radical (unpaired) electrons. The topological polar surface area (TPSA) is 137 Å². The van der Waals surface area contributed by atoms with Gasteiger partial charge in [0.05, 0.1) is 34.7 Å². The number of non-ortho nitro benzene ring substituents is 1. The van der Waals surface area contributed by atoms with Crippen LogP contribution in [0.5, 0.6) is 0 Å². The lowest BCUT2D eigenvalue weighted by atomic mass is 9.68. The first-order valence-electron chi connectivity index (χ1n) is 16.0. The number of likely N-dealkylation sites (tertiary alicyclic amines) is 1. The first-order chi connectivity index (χ1) is 22.6. The van der Waals surface area contributed by atoms with E-state index >= 15 is 0 Å². The van der Waals surface area contributed by atoms with Gasteiger partial charge in [-0.1, -0.05) is 72.8 Å². The van der Waals surface area contributed by atoms with Gasteiger partial charge in [-0.25, -0.2) is 9.59 Å². The predicted molar refractivity (Wildman–Crippen MR) is 179 cm³/mol. The van der Waals surface area contributed by atoms with E-state index in [4.69, 9.17) is 15.2 Å². The number of nitrogens with zero attached hydrogens (tertiary/aromatic N) is 2. The van der Waals surface area contributed by atoms with Gasteiger partial charge in [0.15, 0.2) is 0 Å². The van der Waals surface area contributed by atoms with Crippen LogP contribution in [-0.4, -0.2) is 54.1 Å². The van der Waals surface area contributed by atoms with E-state index in [1.807, 2.05) is 0 Å². The monoisotopic (exact) mass is 638 g/mol. The van der Waals surface area contributed by atoms with Crippen molar-refractivity contribution in [2.24, 2.45) is 5.73 Å². The van der Waals surface area contributed by atoms with E-state index < -0.39 is 28.9 Å². The summed E-state index contributed by atoms with van der Waals surface area (Å²) in [6.45, 7) is 7.82. The number of nitro groups is 1. The number of carbonyl (C=O) groups is 2. The number of benzene rings is 3. The van der Waals surface area contributed by atoms with Gasteiger partial charge in [-0.05, 0) is 69.8 Å². The van der Waals surface area contributed by atoms with Crippen molar-refractivity contribution in [2.75, 3.05) is 26.2 Å². The summed E-state index contributed by atoms with van der Waals surface area (Å²) in [5.41, 5.74) is 9.63. The van der Waals surface area contributed by atoms with Crippen molar-refractivity contribution in [3.63, 3.8) is 0 Å². The lowest BCUT2D eigenvalue weighted by Crippen LogP contribution is -2.43. The van der Waals surface area contributed by atoms with Gasteiger partial charge in [0.1, 0.15) is 5.82 Å². The van der Waals surface area contributed by atoms with Crippen molar-refractivity contribution in [2.45, 2.75) is 57.5 Å². The number of rotatable bonds is 11. The minimum atomic E-state index is -1.01. The zero-order valence-corrected chi connectivity index (χ0v) is 27.1. The van der Waals surface area contributed by atoms with Crippen LogP contribution in [0.15, 0.2) is 108 Å². The molecule has 1 unspecified atom stereocenters. The van der Waals surface area contributed by atoms with Crippen LogP contribution < -0.4 is 11.1 Å². The third-order valence-corrected chi connectivity index (χ3v) is 9.00. The van der Waals surface area contributed by atoms with Gasteiger partial charge >= 0.3 is 11.9 Å². The molecule has 2 aliphatic heterocycles. The molecule has 0 spiro atoms. The number of esters is 2. The maximum atomic E-state index is 13.7. The number of nitro benzene ring substituents is 1. The molecule has 10 nitrogen and oxygen atoms in total. The summed E-state index contributed by atoms with van der Waals surface area (Å²) in [4.78, 5) is 40.4. The summed E-state index contributed by atoms with van der Waals surface area (Å²) in [7, 11) is 0. The maximum Gasteiger partial charge on any atom is 0.338 e. The first kappa shape index (κ1) is 33.4. The van der Waals surface area contributed by atoms with Crippen LogP contribution >= 0.6 is 0 Å². The Morgan fingerprint density at radius 1 is 0.957 bits per heavy atom. The summed E-state index contributed by atoms with van der Waals surface area (Å²) < 4.78 is 11.2. The van der Waals surface area contributed by atoms with Gasteiger partial charge in [-0.3, -0.25) is 10.1 Å². The molecular formula is C37H42N4O6. The number of hydrogen-bond acceptors (Lipinski definition) is 9. The van der Waals surface area contributed by atoms with E-state index in [1.54, 1.807) is 26.8 Å². The molecule has 0 amide bonds. The van der Waals surface area contributed by atoms with Crippen molar-refractivity contribution >= 4 is 17.6 Å². The molecule has 5 rings (SSSR count). The molecule has 1 atom stereocenters. The molecule has 3 N–H and O–H groups in total. The molecule has 1 fully saturated rings. The molecule has 0 bridgehead atoms. The fourth-order valence-electron chi connectivity index (χ4n) is 6.73. The van der Waals surface area contributed by atoms with Crippen LogP contribution in [0.2, 0.25) is 0 Å². The largest absolute Gasteiger partial charge is 0.462 e. The van der Waals surface area contributed by atoms with Crippen LogP contribution in [0.25, 0.3) is 0 Å². The van der Waals surface area contributed by atoms with E-state index in [1.165, 1.54) is 29.3 Å². The number of nitrogens with one attached hydrogen (secondary N) is 1. The highest BCUT2D eigenvalue weighted by Crippen LogP contribution is 2.42. The van der Waals surface area contributed by atoms with E-state index in [0.29, 0.717) is 17.7 Å². The van der Waals surface area contributed by atoms with Crippen molar-refractivity contribution in [3.8, 4) is 0 Å². The second-order valence-electron chi connectivity index (χ2n) is 12.4. The number of dihydropyridines is 1. The molecular weight excluding hydrogens is 596 g/mol. The van der Waals surface area contributed by atoms with Gasteiger partial charge < -0.3 is 25.4 Å². The molecule has 10 heteroatoms. The van der Waals surface area contributed by atoms with E-state index in [0.717, 1.165) is 32.5 Å². The standard InChI is InChI=1S/C37H42N4O6/c1-25(2)47-36(43)33-32(27-12-10-17-30(24-27)41(44)45)31(26(3)39-34(33)38)35(42)46-23-11-20-40-21-18-37(19-22-40,28-13-6-4-7-14-28)29-15-8-5-9-16-29/h4-10,12-17,24-25,32,39H,11,18-23,38H2,1-3H3. The number of nitrogens with two attached hydrogens (primary N) is 1. The summed E-state index contributed by atoms with van der Waals surface area (Å²) in [6.07, 6.45) is 2.13. The van der Waals surface area contributed by atoms with E-state index in [9.17, 15) is 19.7 Å². The molecule has 2 aliphatic rings. The van der Waals surface area contributed by atoms with Gasteiger partial charge in [-0.2, -0.15) is 0 Å². The van der Waals surface area contributed by atoms with Gasteiger partial charge in [0, 0.05) is 29.8 Å². The van der Waals surface area contributed by atoms with Crippen molar-refractivity contribution in [3.05, 3.63) is 134 Å². The molecule has 47 heavy (non-hydrogen) atoms.